The second kappa shape index (κ2) is 7.38. The van der Waals surface area contributed by atoms with E-state index in [1.807, 2.05) is 6.08 Å². The zero-order chi connectivity index (χ0) is 19.1. The fourth-order valence-electron chi connectivity index (χ4n) is 5.37. The van der Waals surface area contributed by atoms with Crippen LogP contribution in [0.3, 0.4) is 0 Å². The molecule has 0 radical (unpaired) electrons. The van der Waals surface area contributed by atoms with E-state index < -0.39 is 0 Å². The molecule has 3 aliphatic carbocycles. The van der Waals surface area contributed by atoms with Crippen LogP contribution in [0, 0.1) is 5.92 Å². The number of likely N-dealkylation sites (N-methyl/N-ethyl adjacent to an activating group) is 1. The van der Waals surface area contributed by atoms with Crippen molar-refractivity contribution in [1.29, 1.82) is 0 Å². The molecule has 5 rings (SSSR count). The summed E-state index contributed by atoms with van der Waals surface area (Å²) >= 11 is 0. The summed E-state index contributed by atoms with van der Waals surface area (Å²) in [6.07, 6.45) is 13.5. The zero-order valence-corrected chi connectivity index (χ0v) is 17.0. The monoisotopic (exact) mass is 383 g/mol. The molecule has 3 fully saturated rings. The summed E-state index contributed by atoms with van der Waals surface area (Å²) in [5, 5.41) is 10.2. The van der Waals surface area contributed by atoms with E-state index in [4.69, 9.17) is 9.47 Å². The average Bonchev–Trinajstić information content (AvgIpc) is 3.28. The molecule has 0 unspecified atom stereocenters. The summed E-state index contributed by atoms with van der Waals surface area (Å²) < 4.78 is 12.6. The van der Waals surface area contributed by atoms with Crippen molar-refractivity contribution in [2.75, 3.05) is 20.2 Å². The van der Waals surface area contributed by atoms with Gasteiger partial charge in [0.15, 0.2) is 11.5 Å². The molecule has 1 aromatic rings. The number of nitrogens with zero attached hydrogens (tertiary/aromatic N) is 1. The summed E-state index contributed by atoms with van der Waals surface area (Å²) in [5.41, 5.74) is 1.27. The largest absolute Gasteiger partial charge is 0.489 e. The number of aliphatic hydroxyl groups is 1. The lowest BCUT2D eigenvalue weighted by molar-refractivity contribution is 0.137. The van der Waals surface area contributed by atoms with Gasteiger partial charge in [0.1, 0.15) is 0 Å². The van der Waals surface area contributed by atoms with Crippen LogP contribution in [0.25, 0.3) is 0 Å². The van der Waals surface area contributed by atoms with E-state index in [9.17, 15) is 5.11 Å². The molecule has 1 saturated heterocycles. The van der Waals surface area contributed by atoms with Gasteiger partial charge in [0.2, 0.25) is 0 Å². The van der Waals surface area contributed by atoms with Gasteiger partial charge >= 0.3 is 0 Å². The molecule has 4 heteroatoms. The first-order valence-electron chi connectivity index (χ1n) is 11.2. The molecule has 1 heterocycles. The minimum atomic E-state index is -0.339. The Balaban J connectivity index is 1.47. The van der Waals surface area contributed by atoms with Gasteiger partial charge in [-0.2, -0.15) is 0 Å². The van der Waals surface area contributed by atoms with Gasteiger partial charge in [-0.05, 0) is 88.6 Å². The number of aliphatic hydroxyl groups excluding tert-OH is 1. The average molecular weight is 384 g/mol. The third-order valence-electron chi connectivity index (χ3n) is 7.33. The molecule has 0 aromatic heterocycles. The smallest absolute Gasteiger partial charge is 0.161 e. The first-order chi connectivity index (χ1) is 13.6. The Morgan fingerprint density at radius 1 is 1.14 bits per heavy atom. The summed E-state index contributed by atoms with van der Waals surface area (Å²) in [6, 6.07) is 6.95. The van der Waals surface area contributed by atoms with Crippen molar-refractivity contribution in [2.45, 2.75) is 75.0 Å². The van der Waals surface area contributed by atoms with E-state index in [-0.39, 0.29) is 11.5 Å². The van der Waals surface area contributed by atoms with E-state index >= 15 is 0 Å². The van der Waals surface area contributed by atoms with Gasteiger partial charge in [0.05, 0.1) is 18.8 Å². The number of likely N-dealkylation sites (tertiary alicyclic amines) is 1. The maximum atomic E-state index is 10.2. The first kappa shape index (κ1) is 18.5. The van der Waals surface area contributed by atoms with Crippen molar-refractivity contribution < 1.29 is 14.6 Å². The molecule has 1 aromatic carbocycles. The molecular weight excluding hydrogens is 350 g/mol. The standard InChI is InChI=1S/C24H33NO3/c1-25-13-12-24(11-10-19(26)15-23(24)25)18-8-9-21(27-16-17-6-7-17)22(14-18)28-20-4-2-3-5-20/h8-11,14,17,19-20,23,26H,2-7,12-13,15-16H2,1H3/t19-,23+,24+/m1/s1. The van der Waals surface area contributed by atoms with Gasteiger partial charge < -0.3 is 19.5 Å². The molecule has 0 spiro atoms. The van der Waals surface area contributed by atoms with Crippen LogP contribution in [0.15, 0.2) is 30.4 Å². The van der Waals surface area contributed by atoms with Crippen LogP contribution in [0.2, 0.25) is 0 Å². The third-order valence-corrected chi connectivity index (χ3v) is 7.33. The van der Waals surface area contributed by atoms with Gasteiger partial charge in [0.25, 0.3) is 0 Å². The van der Waals surface area contributed by atoms with Crippen LogP contribution in [0.1, 0.15) is 56.9 Å². The molecule has 152 valence electrons. The number of fused-ring (bicyclic) bond motifs is 1. The SMILES string of the molecule is CN1CC[C@]2(c3ccc(OCC4CC4)c(OC4CCCC4)c3)C=C[C@@H](O)C[C@H]12. The number of ether oxygens (including phenoxy) is 2. The van der Waals surface area contributed by atoms with E-state index in [1.165, 1.54) is 31.2 Å². The third kappa shape index (κ3) is 3.46. The molecule has 4 nitrogen and oxygen atoms in total. The van der Waals surface area contributed by atoms with E-state index in [0.717, 1.165) is 56.3 Å². The zero-order valence-electron chi connectivity index (χ0n) is 17.0. The molecule has 2 saturated carbocycles. The highest BCUT2D eigenvalue weighted by atomic mass is 16.5. The number of hydrogen-bond donors (Lipinski definition) is 1. The van der Waals surface area contributed by atoms with E-state index in [2.05, 4.69) is 36.2 Å². The maximum absolute atomic E-state index is 10.2. The maximum Gasteiger partial charge on any atom is 0.161 e. The molecule has 1 aliphatic heterocycles. The fraction of sp³-hybridized carbons (Fsp3) is 0.667. The second-order valence-electron chi connectivity index (χ2n) is 9.39. The summed E-state index contributed by atoms with van der Waals surface area (Å²) in [6.45, 7) is 1.86. The van der Waals surface area contributed by atoms with Crippen LogP contribution in [-0.2, 0) is 5.41 Å². The molecule has 0 bridgehead atoms. The predicted molar refractivity (Wildman–Crippen MR) is 110 cm³/mol. The molecule has 0 amide bonds. The van der Waals surface area contributed by atoms with E-state index in [1.54, 1.807) is 0 Å². The lowest BCUT2D eigenvalue weighted by Crippen LogP contribution is -2.44. The number of hydrogen-bond acceptors (Lipinski definition) is 4. The topological polar surface area (TPSA) is 41.9 Å². The summed E-state index contributed by atoms with van der Waals surface area (Å²) in [7, 11) is 2.18. The second-order valence-corrected chi connectivity index (χ2v) is 9.39. The lowest BCUT2D eigenvalue weighted by Gasteiger charge is -2.39. The van der Waals surface area contributed by atoms with Crippen molar-refractivity contribution in [2.24, 2.45) is 5.92 Å². The van der Waals surface area contributed by atoms with Gasteiger partial charge in [-0.15, -0.1) is 0 Å². The Kier molecular flexibility index (Phi) is 4.88. The van der Waals surface area contributed by atoms with Crippen LogP contribution in [-0.4, -0.2) is 48.5 Å². The first-order valence-corrected chi connectivity index (χ1v) is 11.2. The van der Waals surface area contributed by atoms with Gasteiger partial charge in [-0.1, -0.05) is 18.2 Å². The van der Waals surface area contributed by atoms with Crippen LogP contribution >= 0.6 is 0 Å². The Labute approximate surface area is 168 Å². The van der Waals surface area contributed by atoms with Crippen molar-refractivity contribution >= 4 is 0 Å². The van der Waals surface area contributed by atoms with Gasteiger partial charge in [-0.25, -0.2) is 0 Å². The predicted octanol–water partition coefficient (Wildman–Crippen LogP) is 4.06. The van der Waals surface area contributed by atoms with Crippen LogP contribution in [0.4, 0.5) is 0 Å². The normalized spacial score (nSPS) is 33.2. The number of benzene rings is 1. The quantitative estimate of drug-likeness (QED) is 0.752. The fourth-order valence-corrected chi connectivity index (χ4v) is 5.37. The minimum absolute atomic E-state index is 0.0310. The van der Waals surface area contributed by atoms with Crippen molar-refractivity contribution in [3.63, 3.8) is 0 Å². The van der Waals surface area contributed by atoms with Gasteiger partial charge in [-0.3, -0.25) is 0 Å². The highest BCUT2D eigenvalue weighted by molar-refractivity contribution is 5.49. The lowest BCUT2D eigenvalue weighted by atomic mass is 9.69. The Bertz CT molecular complexity index is 737. The Morgan fingerprint density at radius 3 is 2.75 bits per heavy atom. The van der Waals surface area contributed by atoms with Crippen LogP contribution < -0.4 is 9.47 Å². The van der Waals surface area contributed by atoms with Gasteiger partial charge in [0, 0.05) is 11.5 Å². The molecule has 3 atom stereocenters. The van der Waals surface area contributed by atoms with Crippen molar-refractivity contribution in [3.05, 3.63) is 35.9 Å². The number of rotatable bonds is 6. The molecule has 1 N–H and O–H groups in total. The van der Waals surface area contributed by atoms with Crippen molar-refractivity contribution in [3.8, 4) is 11.5 Å². The molecular formula is C24H33NO3. The van der Waals surface area contributed by atoms with Crippen LogP contribution in [0.5, 0.6) is 11.5 Å². The minimum Gasteiger partial charge on any atom is -0.489 e. The Morgan fingerprint density at radius 2 is 1.96 bits per heavy atom. The highest BCUT2D eigenvalue weighted by Crippen LogP contribution is 2.47. The highest BCUT2D eigenvalue weighted by Gasteiger charge is 2.48. The molecule has 4 aliphatic rings. The van der Waals surface area contributed by atoms with Crippen molar-refractivity contribution in [1.82, 2.24) is 4.90 Å². The molecule has 28 heavy (non-hydrogen) atoms. The summed E-state index contributed by atoms with van der Waals surface area (Å²) in [4.78, 5) is 2.40. The Hall–Kier alpha value is -1.52. The summed E-state index contributed by atoms with van der Waals surface area (Å²) in [5.74, 6) is 2.56. The van der Waals surface area contributed by atoms with E-state index in [0.29, 0.717) is 12.1 Å².